The first-order valence-corrected chi connectivity index (χ1v) is 3.12. The van der Waals surface area contributed by atoms with E-state index in [9.17, 15) is 0 Å². The van der Waals surface area contributed by atoms with Gasteiger partial charge < -0.3 is 0 Å². The van der Waals surface area contributed by atoms with Crippen LogP contribution in [-0.2, 0) is 38.4 Å². The first-order valence-electron chi connectivity index (χ1n) is 1.29. The van der Waals surface area contributed by atoms with E-state index in [0.29, 0.717) is 4.05 Å². The molecule has 0 saturated carbocycles. The van der Waals surface area contributed by atoms with Gasteiger partial charge in [0.25, 0.3) is 0 Å². The standard InChI is InChI=1S/C2H6OP.Mo.V/c3-1-2-4;;/h2-3H,1,4H2;;. The van der Waals surface area contributed by atoms with E-state index in [0.717, 1.165) is 0 Å². The van der Waals surface area contributed by atoms with Crippen molar-refractivity contribution in [3.63, 3.8) is 0 Å². The van der Waals surface area contributed by atoms with Crippen molar-refractivity contribution in [3.05, 3.63) is 0 Å². The van der Waals surface area contributed by atoms with Crippen molar-refractivity contribution >= 4 is 9.24 Å². The zero-order valence-corrected chi connectivity index (χ0v) is 7.72. The van der Waals surface area contributed by atoms with E-state index in [2.05, 4.69) is 9.24 Å². The van der Waals surface area contributed by atoms with Crippen LogP contribution in [0.4, 0.5) is 0 Å². The zero-order chi connectivity index (χ0) is 4.28. The topological polar surface area (TPSA) is 20.2 Å². The van der Waals surface area contributed by atoms with E-state index >= 15 is 0 Å². The van der Waals surface area contributed by atoms with E-state index in [1.165, 1.54) is 0 Å². The molecule has 1 N–H and O–H groups in total. The average Bonchev–Trinajstić information content (AvgIpc) is 1.38. The van der Waals surface area contributed by atoms with Crippen molar-refractivity contribution in [1.82, 2.24) is 0 Å². The minimum absolute atomic E-state index is 0. The number of hydrogen-bond acceptors (Lipinski definition) is 1. The maximum Gasteiger partial charge on any atom is 0 e. The molecule has 1 radical (unpaired) electrons. The smallest absolute Gasteiger partial charge is 0 e. The number of aliphatic hydroxyl groups excluding tert-OH is 1. The van der Waals surface area contributed by atoms with Gasteiger partial charge >= 0.3 is 44.8 Å². The summed E-state index contributed by atoms with van der Waals surface area (Å²) in [5, 5.41) is 8.13. The molecule has 0 rings (SSSR count). The molecule has 4 heteroatoms. The third-order valence-corrected chi connectivity index (χ3v) is 0.757. The van der Waals surface area contributed by atoms with Gasteiger partial charge in [0.15, 0.2) is 0 Å². The molecule has 0 aromatic heterocycles. The van der Waals surface area contributed by atoms with Crippen LogP contribution < -0.4 is 0 Å². The fourth-order valence-corrected chi connectivity index (χ4v) is 0. The van der Waals surface area contributed by atoms with Crippen LogP contribution in [0, 0.1) is 0 Å². The van der Waals surface area contributed by atoms with Gasteiger partial charge in [-0.25, -0.2) is 0 Å². The molecule has 0 fully saturated rings. The van der Waals surface area contributed by atoms with E-state index < -0.39 is 0 Å². The summed E-state index contributed by atoms with van der Waals surface area (Å²) in [5.74, 6) is 0. The van der Waals surface area contributed by atoms with Crippen molar-refractivity contribution in [2.24, 2.45) is 0 Å². The monoisotopic (exact) mass is 226 g/mol. The third-order valence-electron chi connectivity index (χ3n) is 0.180. The Kier molecular flexibility index (Phi) is 11.8. The molecular formula is C2H6MoOPV. The van der Waals surface area contributed by atoms with Gasteiger partial charge in [-0.3, -0.25) is 0 Å². The van der Waals surface area contributed by atoms with Gasteiger partial charge in [0.1, 0.15) is 0 Å². The largest absolute Gasteiger partial charge is 0 e. The molecule has 2 unspecified atom stereocenters. The summed E-state index contributed by atoms with van der Waals surface area (Å²) in [6.07, 6.45) is 0. The molecule has 36 valence electrons. The quantitative estimate of drug-likeness (QED) is 0.479. The predicted molar refractivity (Wildman–Crippen MR) is 20.6 cm³/mol. The Bertz CT molecular complexity index is 27.5. The van der Waals surface area contributed by atoms with Crippen molar-refractivity contribution in [3.8, 4) is 0 Å². The molecule has 0 spiro atoms. The van der Waals surface area contributed by atoms with Gasteiger partial charge in [-0.05, 0) is 0 Å². The third kappa shape index (κ3) is 9.18. The van der Waals surface area contributed by atoms with Crippen molar-refractivity contribution in [1.29, 1.82) is 0 Å². The Morgan fingerprint density at radius 3 is 2.00 bits per heavy atom. The Morgan fingerprint density at radius 2 is 2.00 bits per heavy atom. The summed E-state index contributed by atoms with van der Waals surface area (Å²) in [6.45, 7) is 0.273. The molecule has 0 amide bonds. The molecule has 0 bridgehead atoms. The van der Waals surface area contributed by atoms with Crippen molar-refractivity contribution in [2.75, 3.05) is 6.61 Å². The SMILES string of the molecule is OC[CH](P)[Mo].[V]. The van der Waals surface area contributed by atoms with Gasteiger partial charge in [0, 0.05) is 18.6 Å². The Labute approximate surface area is 63.3 Å². The van der Waals surface area contributed by atoms with Crippen LogP contribution in [0.2, 0.25) is 0 Å². The van der Waals surface area contributed by atoms with Gasteiger partial charge in [-0.15, -0.1) is 0 Å². The minimum Gasteiger partial charge on any atom is 0 e. The van der Waals surface area contributed by atoms with Gasteiger partial charge in [-0.2, -0.15) is 0 Å². The van der Waals surface area contributed by atoms with Crippen LogP contribution in [0.5, 0.6) is 0 Å². The summed E-state index contributed by atoms with van der Waals surface area (Å²) < 4.78 is 0.366. The maximum atomic E-state index is 8.13. The first kappa shape index (κ1) is 10.6. The summed E-state index contributed by atoms with van der Waals surface area (Å²) in [5.41, 5.74) is 0. The van der Waals surface area contributed by atoms with Gasteiger partial charge in [0.05, 0.1) is 0 Å². The Balaban J connectivity index is 0. The van der Waals surface area contributed by atoms with Crippen LogP contribution in [0.15, 0.2) is 0 Å². The summed E-state index contributed by atoms with van der Waals surface area (Å²) >= 11 is 1.87. The second-order valence-corrected chi connectivity index (χ2v) is 4.29. The Morgan fingerprint density at radius 1 is 1.83 bits per heavy atom. The van der Waals surface area contributed by atoms with Crippen LogP contribution in [-0.4, -0.2) is 15.8 Å². The van der Waals surface area contributed by atoms with E-state index in [1.807, 2.05) is 19.8 Å². The number of rotatable bonds is 1. The minimum atomic E-state index is 0. The molecule has 2 atom stereocenters. The molecule has 0 aliphatic carbocycles. The second-order valence-electron chi connectivity index (χ2n) is 0.721. The summed E-state index contributed by atoms with van der Waals surface area (Å²) in [4.78, 5) is 0. The van der Waals surface area contributed by atoms with Crippen LogP contribution in [0.3, 0.4) is 0 Å². The first-order chi connectivity index (χ1) is 2.27. The summed E-state index contributed by atoms with van der Waals surface area (Å²) in [7, 11) is 2.49. The molecule has 0 aliphatic rings. The van der Waals surface area contributed by atoms with Gasteiger partial charge in [0.2, 0.25) is 0 Å². The molecule has 0 aliphatic heterocycles. The van der Waals surface area contributed by atoms with E-state index in [1.54, 1.807) is 0 Å². The van der Waals surface area contributed by atoms with E-state index in [4.69, 9.17) is 5.11 Å². The molecular weight excluding hydrogens is 218 g/mol. The fraction of sp³-hybridized carbons (Fsp3) is 1.00. The van der Waals surface area contributed by atoms with Crippen molar-refractivity contribution < 1.29 is 43.5 Å². The normalized spacial score (nSPS) is 12.3. The van der Waals surface area contributed by atoms with Crippen LogP contribution >= 0.6 is 9.24 Å². The zero-order valence-electron chi connectivity index (χ0n) is 3.16. The second kappa shape index (κ2) is 6.66. The predicted octanol–water partition coefficient (Wildman–Crippen LogP) is -0.276. The fourth-order valence-electron chi connectivity index (χ4n) is 0. The van der Waals surface area contributed by atoms with Crippen molar-refractivity contribution in [2.45, 2.75) is 4.05 Å². The van der Waals surface area contributed by atoms with Crippen LogP contribution in [0.25, 0.3) is 0 Å². The number of hydrogen-bond donors (Lipinski definition) is 1. The molecule has 6 heavy (non-hydrogen) atoms. The molecule has 0 aromatic carbocycles. The number of aliphatic hydroxyl groups is 1. The van der Waals surface area contributed by atoms with Crippen LogP contribution in [0.1, 0.15) is 0 Å². The maximum absolute atomic E-state index is 8.13. The molecule has 0 saturated heterocycles. The molecule has 0 heterocycles. The van der Waals surface area contributed by atoms with Gasteiger partial charge in [-0.1, -0.05) is 0 Å². The molecule has 1 nitrogen and oxygen atoms in total. The summed E-state index contributed by atoms with van der Waals surface area (Å²) in [6, 6.07) is 0. The average molecular weight is 224 g/mol. The molecule has 0 aromatic rings. The Hall–Kier alpha value is 1.66. The van der Waals surface area contributed by atoms with E-state index in [-0.39, 0.29) is 25.2 Å².